The molecule has 2 heteroatoms. The summed E-state index contributed by atoms with van der Waals surface area (Å²) < 4.78 is 13.2. The standard InChI is InChI=1S/C56H42O2/c1-31-15-16-33-11-7-9-13-37(33)53(31)41-28-42-39-20-17-35(26-46(39)55(3,4)45(42)25-32(41)2)49-23-24-50(57-49)36-18-21-40-43-29-44-52(30-48(43)56(5,6)47(40)27-36)58-51-22-19-34-12-8-10-14-38(34)54(44)51/h7-30H,1-6H3. The first kappa shape index (κ1) is 33.5. The molecule has 0 bridgehead atoms. The van der Waals surface area contributed by atoms with Gasteiger partial charge in [-0.15, -0.1) is 0 Å². The van der Waals surface area contributed by atoms with Crippen molar-refractivity contribution in [3.05, 3.63) is 179 Å². The van der Waals surface area contributed by atoms with Gasteiger partial charge in [-0.25, -0.2) is 0 Å². The maximum Gasteiger partial charge on any atom is 0.136 e. The molecule has 58 heavy (non-hydrogen) atoms. The van der Waals surface area contributed by atoms with E-state index < -0.39 is 0 Å². The van der Waals surface area contributed by atoms with Crippen molar-refractivity contribution < 1.29 is 8.83 Å². The van der Waals surface area contributed by atoms with Crippen LogP contribution in [0.3, 0.4) is 0 Å². The molecule has 278 valence electrons. The number of furan rings is 2. The fraction of sp³-hybridized carbons (Fsp3) is 0.143. The summed E-state index contributed by atoms with van der Waals surface area (Å²) in [5, 5.41) is 7.40. The highest BCUT2D eigenvalue weighted by molar-refractivity contribution is 6.19. The summed E-state index contributed by atoms with van der Waals surface area (Å²) in [4.78, 5) is 0. The zero-order valence-electron chi connectivity index (χ0n) is 33.7. The average Bonchev–Trinajstić information content (AvgIpc) is 3.97. The Labute approximate surface area is 338 Å². The lowest BCUT2D eigenvalue weighted by Crippen LogP contribution is -2.15. The Morgan fingerprint density at radius 3 is 1.64 bits per heavy atom. The first-order valence-electron chi connectivity index (χ1n) is 20.5. The molecule has 2 aliphatic carbocycles. The molecule has 0 saturated carbocycles. The van der Waals surface area contributed by atoms with E-state index in [0.717, 1.165) is 33.8 Å². The highest BCUT2D eigenvalue weighted by Crippen LogP contribution is 2.54. The third kappa shape index (κ3) is 4.49. The third-order valence-corrected chi connectivity index (χ3v) is 13.8. The van der Waals surface area contributed by atoms with Crippen LogP contribution in [-0.2, 0) is 10.8 Å². The fourth-order valence-corrected chi connectivity index (χ4v) is 10.6. The predicted octanol–water partition coefficient (Wildman–Crippen LogP) is 15.7. The van der Waals surface area contributed by atoms with Crippen LogP contribution in [0.2, 0.25) is 0 Å². The minimum atomic E-state index is -0.198. The molecule has 0 aliphatic heterocycles. The lowest BCUT2D eigenvalue weighted by molar-refractivity contribution is 0.596. The molecule has 0 saturated heterocycles. The van der Waals surface area contributed by atoms with Crippen LogP contribution < -0.4 is 0 Å². The number of rotatable bonds is 3. The summed E-state index contributed by atoms with van der Waals surface area (Å²) in [6.45, 7) is 13.9. The summed E-state index contributed by atoms with van der Waals surface area (Å²) in [5.74, 6) is 1.76. The van der Waals surface area contributed by atoms with Gasteiger partial charge in [0.05, 0.1) is 0 Å². The van der Waals surface area contributed by atoms with Crippen molar-refractivity contribution in [1.82, 2.24) is 0 Å². The molecule has 2 heterocycles. The molecule has 2 aliphatic rings. The number of benzene rings is 8. The van der Waals surface area contributed by atoms with Crippen molar-refractivity contribution in [3.63, 3.8) is 0 Å². The number of hydrogen-bond acceptors (Lipinski definition) is 2. The van der Waals surface area contributed by atoms with Crippen molar-refractivity contribution in [2.45, 2.75) is 52.4 Å². The van der Waals surface area contributed by atoms with E-state index in [9.17, 15) is 0 Å². The molecular weight excluding hydrogens is 705 g/mol. The first-order chi connectivity index (χ1) is 28.1. The Kier molecular flexibility index (Phi) is 6.63. The van der Waals surface area contributed by atoms with Gasteiger partial charge in [-0.05, 0) is 151 Å². The van der Waals surface area contributed by atoms with Gasteiger partial charge in [0.2, 0.25) is 0 Å². The van der Waals surface area contributed by atoms with Crippen LogP contribution in [0.4, 0.5) is 0 Å². The largest absolute Gasteiger partial charge is 0.456 e. The first-order valence-corrected chi connectivity index (χ1v) is 20.5. The second-order valence-corrected chi connectivity index (χ2v) is 17.8. The van der Waals surface area contributed by atoms with Crippen LogP contribution in [-0.4, -0.2) is 0 Å². The molecule has 0 spiro atoms. The number of aryl methyl sites for hydroxylation is 2. The quantitative estimate of drug-likeness (QED) is 0.180. The molecule has 0 atom stereocenters. The molecule has 2 nitrogen and oxygen atoms in total. The summed E-state index contributed by atoms with van der Waals surface area (Å²) in [6.07, 6.45) is 0. The van der Waals surface area contributed by atoms with E-state index in [2.05, 4.69) is 187 Å². The van der Waals surface area contributed by atoms with Crippen LogP contribution in [0.5, 0.6) is 0 Å². The van der Waals surface area contributed by atoms with Gasteiger partial charge in [0.1, 0.15) is 22.7 Å². The van der Waals surface area contributed by atoms with Crippen LogP contribution >= 0.6 is 0 Å². The second-order valence-electron chi connectivity index (χ2n) is 17.8. The fourth-order valence-electron chi connectivity index (χ4n) is 10.6. The van der Waals surface area contributed by atoms with Gasteiger partial charge in [-0.1, -0.05) is 125 Å². The van der Waals surface area contributed by atoms with Crippen molar-refractivity contribution in [1.29, 1.82) is 0 Å². The summed E-state index contributed by atoms with van der Waals surface area (Å²) >= 11 is 0. The molecule has 10 aromatic rings. The average molecular weight is 747 g/mol. The molecular formula is C56H42O2. The second kappa shape index (κ2) is 11.5. The van der Waals surface area contributed by atoms with E-state index in [1.807, 2.05) is 0 Å². The van der Waals surface area contributed by atoms with Gasteiger partial charge in [-0.3, -0.25) is 0 Å². The summed E-state index contributed by atoms with van der Waals surface area (Å²) in [6, 6.07) is 53.7. The monoisotopic (exact) mass is 746 g/mol. The van der Waals surface area contributed by atoms with E-state index in [1.165, 1.54) is 99.1 Å². The van der Waals surface area contributed by atoms with E-state index in [1.54, 1.807) is 0 Å². The molecule has 0 amide bonds. The van der Waals surface area contributed by atoms with Crippen molar-refractivity contribution >= 4 is 43.5 Å². The summed E-state index contributed by atoms with van der Waals surface area (Å²) in [7, 11) is 0. The van der Waals surface area contributed by atoms with Gasteiger partial charge in [0.25, 0.3) is 0 Å². The smallest absolute Gasteiger partial charge is 0.136 e. The summed E-state index contributed by atoms with van der Waals surface area (Å²) in [5.41, 5.74) is 19.5. The normalized spacial score (nSPS) is 14.7. The minimum Gasteiger partial charge on any atom is -0.456 e. The maximum atomic E-state index is 6.74. The van der Waals surface area contributed by atoms with Crippen LogP contribution in [0.15, 0.2) is 154 Å². The van der Waals surface area contributed by atoms with Gasteiger partial charge >= 0.3 is 0 Å². The molecule has 0 radical (unpaired) electrons. The van der Waals surface area contributed by atoms with Crippen LogP contribution in [0, 0.1) is 13.8 Å². The van der Waals surface area contributed by atoms with Crippen molar-refractivity contribution in [2.75, 3.05) is 0 Å². The van der Waals surface area contributed by atoms with E-state index in [4.69, 9.17) is 8.83 Å². The highest BCUT2D eigenvalue weighted by atomic mass is 16.3. The predicted molar refractivity (Wildman–Crippen MR) is 242 cm³/mol. The van der Waals surface area contributed by atoms with Crippen molar-refractivity contribution in [3.8, 4) is 56.0 Å². The maximum absolute atomic E-state index is 6.74. The van der Waals surface area contributed by atoms with Crippen molar-refractivity contribution in [2.24, 2.45) is 0 Å². The molecule has 0 unspecified atom stereocenters. The third-order valence-electron chi connectivity index (χ3n) is 13.8. The number of hydrogen-bond donors (Lipinski definition) is 0. The van der Waals surface area contributed by atoms with Gasteiger partial charge < -0.3 is 8.83 Å². The SMILES string of the molecule is Cc1cc2c(cc1-c1c(C)ccc3ccccc13)-c1ccc(-c3ccc(-c4ccc5c(c4)C(C)(C)c4cc6oc7ccc8ccccc8c7c6cc4-5)o3)cc1C2(C)C. The van der Waals surface area contributed by atoms with Gasteiger partial charge in [0.15, 0.2) is 0 Å². The Morgan fingerprint density at radius 2 is 0.948 bits per heavy atom. The Morgan fingerprint density at radius 1 is 0.379 bits per heavy atom. The Balaban J connectivity index is 0.910. The van der Waals surface area contributed by atoms with E-state index in [0.29, 0.717) is 0 Å². The molecule has 12 rings (SSSR count). The van der Waals surface area contributed by atoms with Crippen LogP contribution in [0.25, 0.3) is 99.5 Å². The zero-order chi connectivity index (χ0) is 39.2. The Hall–Kier alpha value is -6.64. The molecule has 0 fully saturated rings. The number of fused-ring (bicyclic) bond motifs is 12. The molecule has 8 aromatic carbocycles. The van der Waals surface area contributed by atoms with Gasteiger partial charge in [0, 0.05) is 32.7 Å². The lowest BCUT2D eigenvalue weighted by Gasteiger charge is -2.23. The topological polar surface area (TPSA) is 26.3 Å². The molecule has 2 aromatic heterocycles. The van der Waals surface area contributed by atoms with E-state index >= 15 is 0 Å². The van der Waals surface area contributed by atoms with Gasteiger partial charge in [-0.2, -0.15) is 0 Å². The highest BCUT2D eigenvalue weighted by Gasteiger charge is 2.38. The minimum absolute atomic E-state index is 0.145. The zero-order valence-corrected chi connectivity index (χ0v) is 33.7. The van der Waals surface area contributed by atoms with E-state index in [-0.39, 0.29) is 10.8 Å². The molecule has 0 N–H and O–H groups in total. The lowest BCUT2D eigenvalue weighted by atomic mass is 9.80. The Bertz CT molecular complexity index is 3420. The van der Waals surface area contributed by atoms with Crippen LogP contribution in [0.1, 0.15) is 61.1 Å².